The van der Waals surface area contributed by atoms with Crippen molar-refractivity contribution in [2.45, 2.75) is 13.3 Å². The van der Waals surface area contributed by atoms with Gasteiger partial charge in [-0.15, -0.1) is 5.10 Å². The molecular formula is C15H15N5O3. The number of carbonyl (C=O) groups is 1. The second-order valence-electron chi connectivity index (χ2n) is 4.92. The number of hydrogen-bond acceptors (Lipinski definition) is 6. The Balaban J connectivity index is 2.12. The molecule has 0 aliphatic carbocycles. The van der Waals surface area contributed by atoms with E-state index in [0.717, 1.165) is 4.68 Å². The van der Waals surface area contributed by atoms with Crippen LogP contribution >= 0.6 is 0 Å². The molecule has 0 bridgehead atoms. The molecule has 0 saturated heterocycles. The van der Waals surface area contributed by atoms with Gasteiger partial charge < -0.3 is 4.74 Å². The molecule has 1 aromatic carbocycles. The van der Waals surface area contributed by atoms with Crippen LogP contribution in [0.1, 0.15) is 12.5 Å². The van der Waals surface area contributed by atoms with Crippen molar-refractivity contribution >= 4 is 16.9 Å². The summed E-state index contributed by atoms with van der Waals surface area (Å²) in [5, 5.41) is 12.6. The zero-order valence-corrected chi connectivity index (χ0v) is 12.8. The minimum atomic E-state index is -0.386. The quantitative estimate of drug-likeness (QED) is 0.656. The maximum absolute atomic E-state index is 12.6. The van der Waals surface area contributed by atoms with Gasteiger partial charge in [0.15, 0.2) is 5.82 Å². The molecule has 8 nitrogen and oxygen atoms in total. The molecule has 2 aromatic heterocycles. The molecule has 0 fully saturated rings. The lowest BCUT2D eigenvalue weighted by molar-refractivity contribution is -0.142. The Morgan fingerprint density at radius 2 is 2.09 bits per heavy atom. The predicted molar refractivity (Wildman–Crippen MR) is 82.2 cm³/mol. The number of rotatable bonds is 4. The van der Waals surface area contributed by atoms with Crippen LogP contribution in [0.3, 0.4) is 0 Å². The van der Waals surface area contributed by atoms with E-state index >= 15 is 0 Å². The maximum Gasteiger partial charge on any atom is 0.310 e. The molecule has 0 aliphatic rings. The largest absolute Gasteiger partial charge is 0.466 e. The third-order valence-electron chi connectivity index (χ3n) is 3.39. The number of nitrogens with zero attached hydrogens (tertiary/aromatic N) is 5. The maximum atomic E-state index is 12.6. The van der Waals surface area contributed by atoms with Crippen molar-refractivity contribution in [3.63, 3.8) is 0 Å². The van der Waals surface area contributed by atoms with E-state index in [1.165, 1.54) is 10.9 Å². The first kappa shape index (κ1) is 14.9. The van der Waals surface area contributed by atoms with Gasteiger partial charge in [-0.3, -0.25) is 14.3 Å². The van der Waals surface area contributed by atoms with Crippen molar-refractivity contribution in [1.82, 2.24) is 24.8 Å². The van der Waals surface area contributed by atoms with Gasteiger partial charge in [-0.1, -0.05) is 17.3 Å². The van der Waals surface area contributed by atoms with Crippen molar-refractivity contribution in [1.29, 1.82) is 0 Å². The molecule has 0 aliphatic heterocycles. The summed E-state index contributed by atoms with van der Waals surface area (Å²) in [6, 6.07) is 6.96. The Labute approximate surface area is 131 Å². The Kier molecular flexibility index (Phi) is 3.88. The summed E-state index contributed by atoms with van der Waals surface area (Å²) >= 11 is 0. The second-order valence-corrected chi connectivity index (χ2v) is 4.92. The standard InChI is InChI=1S/C15H15N5O3/c1-3-23-13(21)8-10-9-16-19(2)14(10)20-15(22)11-6-4-5-7-12(11)17-18-20/h4-7,9H,3,8H2,1-2H3. The van der Waals surface area contributed by atoms with Crippen molar-refractivity contribution in [3.05, 3.63) is 46.4 Å². The molecule has 0 spiro atoms. The van der Waals surface area contributed by atoms with Crippen molar-refractivity contribution in [2.24, 2.45) is 7.05 Å². The summed E-state index contributed by atoms with van der Waals surface area (Å²) in [6.45, 7) is 2.03. The Hall–Kier alpha value is -3.03. The van der Waals surface area contributed by atoms with E-state index in [4.69, 9.17) is 4.74 Å². The van der Waals surface area contributed by atoms with Gasteiger partial charge in [0.25, 0.3) is 5.56 Å². The molecule has 0 amide bonds. The van der Waals surface area contributed by atoms with Crippen LogP contribution in [-0.4, -0.2) is 37.4 Å². The topological polar surface area (TPSA) is 91.9 Å². The van der Waals surface area contributed by atoms with Crippen LogP contribution in [0.15, 0.2) is 35.3 Å². The van der Waals surface area contributed by atoms with E-state index in [-0.39, 0.29) is 17.9 Å². The third kappa shape index (κ3) is 2.70. The van der Waals surface area contributed by atoms with Crippen LogP contribution in [0.25, 0.3) is 16.7 Å². The summed E-state index contributed by atoms with van der Waals surface area (Å²) in [5.41, 5.74) is 0.754. The first-order valence-corrected chi connectivity index (χ1v) is 7.13. The molecule has 3 aromatic rings. The zero-order valence-electron chi connectivity index (χ0n) is 12.8. The van der Waals surface area contributed by atoms with Crippen molar-refractivity contribution in [2.75, 3.05) is 6.61 Å². The zero-order chi connectivity index (χ0) is 16.4. The number of esters is 1. The van der Waals surface area contributed by atoms with Crippen molar-refractivity contribution in [3.8, 4) is 5.82 Å². The molecular weight excluding hydrogens is 298 g/mol. The normalized spacial score (nSPS) is 10.9. The van der Waals surface area contributed by atoms with Gasteiger partial charge in [0.1, 0.15) is 5.52 Å². The Bertz CT molecular complexity index is 928. The van der Waals surface area contributed by atoms with Crippen molar-refractivity contribution < 1.29 is 9.53 Å². The number of fused-ring (bicyclic) bond motifs is 1. The smallest absolute Gasteiger partial charge is 0.310 e. The third-order valence-corrected chi connectivity index (χ3v) is 3.39. The summed E-state index contributed by atoms with van der Waals surface area (Å²) in [4.78, 5) is 24.4. The number of ether oxygens (including phenoxy) is 1. The molecule has 3 rings (SSSR count). The highest BCUT2D eigenvalue weighted by molar-refractivity contribution is 5.77. The lowest BCUT2D eigenvalue weighted by atomic mass is 10.2. The van der Waals surface area contributed by atoms with E-state index in [1.807, 2.05) is 0 Å². The molecule has 23 heavy (non-hydrogen) atoms. The summed E-state index contributed by atoms with van der Waals surface area (Å²) in [7, 11) is 1.67. The highest BCUT2D eigenvalue weighted by atomic mass is 16.5. The van der Waals surface area contributed by atoms with Crippen LogP contribution in [0, 0.1) is 0 Å². The van der Waals surface area contributed by atoms with Gasteiger partial charge >= 0.3 is 5.97 Å². The van der Waals surface area contributed by atoms with Gasteiger partial charge in [0.2, 0.25) is 0 Å². The van der Waals surface area contributed by atoms with E-state index in [9.17, 15) is 9.59 Å². The Morgan fingerprint density at radius 1 is 1.30 bits per heavy atom. The number of carbonyl (C=O) groups excluding carboxylic acids is 1. The summed E-state index contributed by atoms with van der Waals surface area (Å²) in [6.07, 6.45) is 1.54. The van der Waals surface area contributed by atoms with E-state index in [2.05, 4.69) is 15.4 Å². The van der Waals surface area contributed by atoms with Crippen LogP contribution in [0.2, 0.25) is 0 Å². The minimum absolute atomic E-state index is 0.0119. The van der Waals surface area contributed by atoms with Gasteiger partial charge in [0, 0.05) is 12.6 Å². The van der Waals surface area contributed by atoms with Crippen LogP contribution in [0.4, 0.5) is 0 Å². The molecule has 8 heteroatoms. The summed E-state index contributed by atoms with van der Waals surface area (Å²) in [5.74, 6) is 0.0184. The molecule has 0 radical (unpaired) electrons. The summed E-state index contributed by atoms with van der Waals surface area (Å²) < 4.78 is 7.59. The first-order chi connectivity index (χ1) is 11.1. The highest BCUT2D eigenvalue weighted by Crippen LogP contribution is 2.13. The van der Waals surface area contributed by atoms with Crippen LogP contribution < -0.4 is 5.56 Å². The molecule has 0 unspecified atom stereocenters. The fourth-order valence-corrected chi connectivity index (χ4v) is 2.37. The first-order valence-electron chi connectivity index (χ1n) is 7.13. The number of hydrogen-bond donors (Lipinski definition) is 0. The second kappa shape index (κ2) is 5.99. The van der Waals surface area contributed by atoms with E-state index in [0.29, 0.717) is 28.9 Å². The predicted octanol–water partition coefficient (Wildman–Crippen LogP) is 0.620. The van der Waals surface area contributed by atoms with Crippen LogP contribution in [-0.2, 0) is 23.0 Å². The number of benzene rings is 1. The number of aryl methyl sites for hydroxylation is 1. The monoisotopic (exact) mass is 313 g/mol. The minimum Gasteiger partial charge on any atom is -0.466 e. The number of aromatic nitrogens is 5. The van der Waals surface area contributed by atoms with Crippen LogP contribution in [0.5, 0.6) is 0 Å². The van der Waals surface area contributed by atoms with Gasteiger partial charge in [-0.05, 0) is 19.1 Å². The Morgan fingerprint density at radius 3 is 2.87 bits per heavy atom. The lowest BCUT2D eigenvalue weighted by Gasteiger charge is -2.08. The fourth-order valence-electron chi connectivity index (χ4n) is 2.37. The average Bonchev–Trinajstić information content (AvgIpc) is 2.89. The highest BCUT2D eigenvalue weighted by Gasteiger charge is 2.18. The van der Waals surface area contributed by atoms with Gasteiger partial charge in [-0.25, -0.2) is 0 Å². The molecule has 0 N–H and O–H groups in total. The van der Waals surface area contributed by atoms with E-state index < -0.39 is 0 Å². The van der Waals surface area contributed by atoms with Gasteiger partial charge in [-0.2, -0.15) is 9.78 Å². The average molecular weight is 313 g/mol. The lowest BCUT2D eigenvalue weighted by Crippen LogP contribution is -2.26. The van der Waals surface area contributed by atoms with E-state index in [1.54, 1.807) is 38.2 Å². The molecule has 118 valence electrons. The van der Waals surface area contributed by atoms with Gasteiger partial charge in [0.05, 0.1) is 24.6 Å². The molecule has 0 atom stereocenters. The molecule has 2 heterocycles. The SMILES string of the molecule is CCOC(=O)Cc1cnn(C)c1-n1nnc2ccccc2c1=O. The molecule has 0 saturated carbocycles. The fraction of sp³-hybridized carbons (Fsp3) is 0.267.